The quantitative estimate of drug-likeness (QED) is 0.0199. The van der Waals surface area contributed by atoms with Crippen LogP contribution in [0.4, 0.5) is 35.1 Å². The SMILES string of the molecule is C1CCOC1.C1CCOC1.CCCC1CCC(C2CCC(CBr)CC2)CC1.CCCC1CCC(C2CCC(COc3c(C)cc(OCC)c(F)c3F)CC2)CC1.CCOc1cc(C)c(B(O)O)c(F)c1F.CCOc1cc(C)c(O)c(F)c1F.CCOc1cc(C)cc(F)c1F.OO. The third-order valence-electron chi connectivity index (χ3n) is 19.3. The highest BCUT2D eigenvalue weighted by Gasteiger charge is 2.33. The van der Waals surface area contributed by atoms with Gasteiger partial charge < -0.3 is 48.3 Å². The van der Waals surface area contributed by atoms with Crippen LogP contribution in [0.5, 0.6) is 34.5 Å². The van der Waals surface area contributed by atoms with Gasteiger partial charge in [-0.15, -0.1) is 0 Å². The summed E-state index contributed by atoms with van der Waals surface area (Å²) in [6.45, 7) is 23.3. The van der Waals surface area contributed by atoms with Gasteiger partial charge in [-0.3, -0.25) is 10.5 Å². The molecule has 4 aromatic rings. The van der Waals surface area contributed by atoms with E-state index in [1.807, 2.05) is 0 Å². The van der Waals surface area contributed by atoms with Crippen molar-refractivity contribution in [3.05, 3.63) is 99.1 Å². The average Bonchev–Trinajstić information content (AvgIpc) is 0.886. The Hall–Kier alpha value is -4.58. The maximum Gasteiger partial charge on any atom is 0.491 e. The van der Waals surface area contributed by atoms with Gasteiger partial charge in [0.05, 0.1) is 33.0 Å². The van der Waals surface area contributed by atoms with Crippen molar-refractivity contribution in [2.75, 3.05) is 64.8 Å². The molecule has 0 bridgehead atoms. The van der Waals surface area contributed by atoms with E-state index in [0.29, 0.717) is 36.9 Å². The second-order valence-electron chi connectivity index (χ2n) is 26.5. The lowest BCUT2D eigenvalue weighted by Crippen LogP contribution is -2.36. The molecule has 5 N–H and O–H groups in total. The van der Waals surface area contributed by atoms with Crippen molar-refractivity contribution in [1.29, 1.82) is 0 Å². The van der Waals surface area contributed by atoms with Crippen molar-refractivity contribution >= 4 is 28.5 Å². The normalized spacial score (nSPS) is 21.6. The summed E-state index contributed by atoms with van der Waals surface area (Å²) >= 11 is 3.65. The first kappa shape index (κ1) is 87.6. The van der Waals surface area contributed by atoms with Gasteiger partial charge in [-0.05, 0) is 258 Å². The van der Waals surface area contributed by atoms with Crippen LogP contribution in [-0.2, 0) is 9.47 Å². The van der Waals surface area contributed by atoms with Crippen LogP contribution in [0.15, 0.2) is 30.3 Å². The fourth-order valence-electron chi connectivity index (χ4n) is 14.0. The van der Waals surface area contributed by atoms with E-state index < -0.39 is 64.9 Å². The number of phenols is 1. The van der Waals surface area contributed by atoms with E-state index in [1.54, 1.807) is 54.4 Å². The van der Waals surface area contributed by atoms with Crippen LogP contribution in [0.3, 0.4) is 0 Å². The Kier molecular flexibility index (Phi) is 43.9. The van der Waals surface area contributed by atoms with E-state index in [2.05, 4.69) is 29.8 Å². The van der Waals surface area contributed by atoms with Crippen LogP contribution in [0.1, 0.15) is 218 Å². The number of hydrogen-bond donors (Lipinski definition) is 5. The highest BCUT2D eigenvalue weighted by Crippen LogP contribution is 2.45. The average molecular weight is 1460 g/mol. The number of benzene rings is 4. The minimum absolute atomic E-state index is 0.0185. The smallest absolute Gasteiger partial charge is 0.491 e. The lowest BCUT2D eigenvalue weighted by Gasteiger charge is -2.37. The zero-order valence-corrected chi connectivity index (χ0v) is 61.7. The molecule has 0 aromatic heterocycles. The third kappa shape index (κ3) is 29.8. The Morgan fingerprint density at radius 3 is 1.12 bits per heavy atom. The van der Waals surface area contributed by atoms with Crippen LogP contribution in [0.25, 0.3) is 0 Å². The number of ether oxygens (including phenoxy) is 7. The molecule has 4 aliphatic carbocycles. The van der Waals surface area contributed by atoms with Crippen LogP contribution < -0.4 is 29.1 Å². The van der Waals surface area contributed by atoms with Gasteiger partial charge in [0.1, 0.15) is 0 Å². The van der Waals surface area contributed by atoms with Crippen LogP contribution in [-0.4, -0.2) is 97.6 Å². The molecule has 4 saturated carbocycles. The van der Waals surface area contributed by atoms with Crippen molar-refractivity contribution < 1.29 is 94.0 Å². The van der Waals surface area contributed by atoms with Crippen LogP contribution in [0.2, 0.25) is 0 Å². The van der Waals surface area contributed by atoms with Crippen molar-refractivity contribution in [2.45, 2.75) is 223 Å². The van der Waals surface area contributed by atoms with E-state index in [4.69, 9.17) is 58.8 Å². The number of aromatic hydroxyl groups is 1. The number of phenolic OH excluding ortho intramolecular Hbond substituents is 1. The van der Waals surface area contributed by atoms with E-state index >= 15 is 0 Å². The van der Waals surface area contributed by atoms with E-state index in [9.17, 15) is 35.1 Å². The number of aryl methyl sites for hydroxylation is 4. The molecule has 2 saturated heterocycles. The maximum absolute atomic E-state index is 14.4. The van der Waals surface area contributed by atoms with Crippen molar-refractivity contribution in [3.63, 3.8) is 0 Å². The maximum atomic E-state index is 14.4. The molecule has 4 aromatic carbocycles. The summed E-state index contributed by atoms with van der Waals surface area (Å²) in [6.07, 6.45) is 33.4. The lowest BCUT2D eigenvalue weighted by atomic mass is 9.69. The molecule has 0 radical (unpaired) electrons. The molecule has 0 atom stereocenters. The second-order valence-corrected chi connectivity index (χ2v) is 27.2. The molecule has 558 valence electrons. The van der Waals surface area contributed by atoms with Gasteiger partial charge >= 0.3 is 7.12 Å². The Morgan fingerprint density at radius 1 is 0.418 bits per heavy atom. The number of halogens is 9. The van der Waals surface area contributed by atoms with Gasteiger partial charge in [0.25, 0.3) is 0 Å². The topological polar surface area (TPSA) is 166 Å². The Morgan fingerprint density at radius 2 is 0.765 bits per heavy atom. The minimum Gasteiger partial charge on any atom is -0.505 e. The molecule has 12 nitrogen and oxygen atoms in total. The van der Waals surface area contributed by atoms with Crippen molar-refractivity contribution in [1.82, 2.24) is 0 Å². The fraction of sp³-hybridized carbons (Fsp3) is 0.684. The van der Waals surface area contributed by atoms with Gasteiger partial charge in [0, 0.05) is 37.2 Å². The highest BCUT2D eigenvalue weighted by atomic mass is 79.9. The van der Waals surface area contributed by atoms with E-state index in [1.165, 1.54) is 172 Å². The first-order valence-electron chi connectivity index (χ1n) is 36.1. The molecule has 2 aliphatic heterocycles. The first-order valence-corrected chi connectivity index (χ1v) is 37.2. The van der Waals surface area contributed by atoms with Gasteiger partial charge in [0.15, 0.2) is 51.9 Å². The van der Waals surface area contributed by atoms with Crippen molar-refractivity contribution in [3.8, 4) is 34.5 Å². The van der Waals surface area contributed by atoms with E-state index in [-0.39, 0.29) is 53.1 Å². The molecular formula is C76H116BBrF8O12. The molecule has 2 heterocycles. The molecule has 6 aliphatic rings. The van der Waals surface area contributed by atoms with Gasteiger partial charge in [-0.1, -0.05) is 81.1 Å². The van der Waals surface area contributed by atoms with Crippen molar-refractivity contribution in [2.24, 2.45) is 47.3 Å². The standard InChI is InChI=1S/C25H38F2O2.C16H29Br.C9H11BF2O3.C9H10F2O2.C9H10F2O.2C4H8O.H2O2/c1-4-6-18-7-11-20(12-8-18)21-13-9-19(10-14-21)16-29-25-17(3)15-22(28-5-2)23(26)24(25)27;1-2-3-13-4-8-15(9-5-13)16-10-6-14(12-17)7-11-16;1-3-15-6-4-5(2)7(10(13)14)9(12)8(6)11;1-3-13-6-4-5(2)9(12)8(11)7(6)10;1-3-12-8-5-6(2)4-7(10)9(8)11;2*1-2-4-5-3-1;1-2/h15,18-21H,4-14,16H2,1-3H3;13-16H,2-12H2,1H3;4,13-14H,3H2,1-2H3;4,12H,3H2,1-2H3;4-5H,3H2,1-2H3;2*1-4H2;1-2H. The van der Waals surface area contributed by atoms with Gasteiger partial charge in [-0.2, -0.15) is 26.3 Å². The Balaban J connectivity index is 0.000000316. The first-order chi connectivity index (χ1) is 47.1. The minimum atomic E-state index is -2.03. The largest absolute Gasteiger partial charge is 0.505 e. The third-order valence-corrected chi connectivity index (χ3v) is 20.2. The fourth-order valence-corrected chi connectivity index (χ4v) is 14.6. The molecule has 6 fully saturated rings. The zero-order valence-electron chi connectivity index (χ0n) is 60.1. The molecular weight excluding hydrogens is 1350 g/mol. The van der Waals surface area contributed by atoms with Crippen LogP contribution in [0, 0.1) is 122 Å². The summed E-state index contributed by atoms with van der Waals surface area (Å²) in [5.74, 6) is -2.20. The molecule has 0 amide bonds. The van der Waals surface area contributed by atoms with Gasteiger partial charge in [-0.25, -0.2) is 8.78 Å². The summed E-state index contributed by atoms with van der Waals surface area (Å²) in [5.41, 5.74) is 1.26. The lowest BCUT2D eigenvalue weighted by molar-refractivity contribution is -0.176. The summed E-state index contributed by atoms with van der Waals surface area (Å²) in [6, 6.07) is 6.64. The highest BCUT2D eigenvalue weighted by molar-refractivity contribution is 9.09. The second kappa shape index (κ2) is 49.1. The van der Waals surface area contributed by atoms with Gasteiger partial charge in [0.2, 0.25) is 29.1 Å². The predicted octanol–water partition coefficient (Wildman–Crippen LogP) is 20.3. The Bertz CT molecular complexity index is 2800. The van der Waals surface area contributed by atoms with E-state index in [0.717, 1.165) is 86.8 Å². The number of hydrogen-bond acceptors (Lipinski definition) is 12. The molecule has 0 spiro atoms. The molecule has 98 heavy (non-hydrogen) atoms. The Labute approximate surface area is 588 Å². The zero-order chi connectivity index (χ0) is 72.7. The summed E-state index contributed by atoms with van der Waals surface area (Å²) in [5, 5.41) is 39.9. The van der Waals surface area contributed by atoms with Crippen LogP contribution >= 0.6 is 15.9 Å². The molecule has 22 heteroatoms. The monoisotopic (exact) mass is 1460 g/mol. The summed E-state index contributed by atoms with van der Waals surface area (Å²) in [7, 11) is -2.03. The number of rotatable bonds is 19. The molecule has 0 unspecified atom stereocenters. The molecule has 10 rings (SSSR count). The summed E-state index contributed by atoms with van der Waals surface area (Å²) < 4.78 is 142. The number of alkyl halides is 1. The predicted molar refractivity (Wildman–Crippen MR) is 377 cm³/mol. The summed E-state index contributed by atoms with van der Waals surface area (Å²) in [4.78, 5) is 0.